The summed E-state index contributed by atoms with van der Waals surface area (Å²) in [5, 5.41) is 3.76. The smallest absolute Gasteiger partial charge is 0.223 e. The van der Waals surface area contributed by atoms with Crippen molar-refractivity contribution in [2.45, 2.75) is 19.9 Å². The second kappa shape index (κ2) is 6.83. The van der Waals surface area contributed by atoms with Crippen LogP contribution in [0.5, 0.6) is 0 Å². The topological polar surface area (TPSA) is 44.9 Å². The Balaban J connectivity index is 1.63. The Bertz CT molecular complexity index is 873. The van der Waals surface area contributed by atoms with Gasteiger partial charge in [0.15, 0.2) is 0 Å². The van der Waals surface area contributed by atoms with Crippen LogP contribution in [-0.4, -0.2) is 10.9 Å². The Kier molecular flexibility index (Phi) is 4.60. The molecule has 124 valence electrons. The normalized spacial score (nSPS) is 12.3. The van der Waals surface area contributed by atoms with Gasteiger partial charge in [-0.1, -0.05) is 25.1 Å². The van der Waals surface area contributed by atoms with E-state index in [9.17, 15) is 13.6 Å². The molecule has 0 fully saturated rings. The van der Waals surface area contributed by atoms with Crippen molar-refractivity contribution in [2.24, 2.45) is 5.92 Å². The van der Waals surface area contributed by atoms with E-state index in [-0.39, 0.29) is 23.9 Å². The maximum absolute atomic E-state index is 13.6. The molecule has 1 atom stereocenters. The molecule has 0 bridgehead atoms. The molecule has 2 N–H and O–H groups in total. The third-order valence-corrected chi connectivity index (χ3v) is 4.11. The highest BCUT2D eigenvalue weighted by atomic mass is 19.1. The molecule has 1 heterocycles. The van der Waals surface area contributed by atoms with E-state index in [1.54, 1.807) is 0 Å². The predicted molar refractivity (Wildman–Crippen MR) is 89.4 cm³/mol. The van der Waals surface area contributed by atoms with Crippen LogP contribution in [0.25, 0.3) is 10.9 Å². The molecule has 3 rings (SSSR count). The molecule has 1 aromatic heterocycles. The summed E-state index contributed by atoms with van der Waals surface area (Å²) in [6, 6.07) is 11.1. The zero-order valence-electron chi connectivity index (χ0n) is 13.3. The van der Waals surface area contributed by atoms with Gasteiger partial charge in [0.05, 0.1) is 0 Å². The number of para-hydroxylation sites is 1. The first-order valence-corrected chi connectivity index (χ1v) is 7.81. The maximum atomic E-state index is 13.6. The lowest BCUT2D eigenvalue weighted by Gasteiger charge is -2.12. The number of rotatable bonds is 5. The Morgan fingerprint density at radius 2 is 1.96 bits per heavy atom. The molecule has 0 aliphatic rings. The van der Waals surface area contributed by atoms with Crippen molar-refractivity contribution in [3.8, 4) is 0 Å². The first-order valence-electron chi connectivity index (χ1n) is 7.81. The molecule has 5 heteroatoms. The molecule has 3 aromatic rings. The van der Waals surface area contributed by atoms with Gasteiger partial charge in [-0.3, -0.25) is 4.79 Å². The second-order valence-corrected chi connectivity index (χ2v) is 5.92. The summed E-state index contributed by atoms with van der Waals surface area (Å²) in [7, 11) is 0. The van der Waals surface area contributed by atoms with Gasteiger partial charge in [0, 0.05) is 35.1 Å². The van der Waals surface area contributed by atoms with Crippen LogP contribution in [-0.2, 0) is 17.8 Å². The molecule has 0 radical (unpaired) electrons. The minimum Gasteiger partial charge on any atom is -0.361 e. The third-order valence-electron chi connectivity index (χ3n) is 4.11. The number of hydrogen-bond acceptors (Lipinski definition) is 1. The number of carbonyl (C=O) groups is 1. The predicted octanol–water partition coefficient (Wildman–Crippen LogP) is 3.94. The van der Waals surface area contributed by atoms with Crippen LogP contribution in [0.1, 0.15) is 18.1 Å². The van der Waals surface area contributed by atoms with Crippen LogP contribution < -0.4 is 5.32 Å². The second-order valence-electron chi connectivity index (χ2n) is 5.92. The number of nitrogens with one attached hydrogen (secondary N) is 2. The molecule has 0 aliphatic carbocycles. The number of halogens is 2. The summed E-state index contributed by atoms with van der Waals surface area (Å²) < 4.78 is 26.7. The van der Waals surface area contributed by atoms with Gasteiger partial charge in [-0.05, 0) is 36.2 Å². The van der Waals surface area contributed by atoms with E-state index in [2.05, 4.69) is 10.3 Å². The first kappa shape index (κ1) is 16.2. The SMILES string of the molecule is CC(Cc1c[nH]c2ccccc12)C(=O)NCc1cc(F)ccc1F. The van der Waals surface area contributed by atoms with Gasteiger partial charge in [-0.2, -0.15) is 0 Å². The quantitative estimate of drug-likeness (QED) is 0.732. The zero-order valence-corrected chi connectivity index (χ0v) is 13.3. The lowest BCUT2D eigenvalue weighted by atomic mass is 10.00. The molecular formula is C19H18F2N2O. The van der Waals surface area contributed by atoms with E-state index in [4.69, 9.17) is 0 Å². The lowest BCUT2D eigenvalue weighted by molar-refractivity contribution is -0.124. The average Bonchev–Trinajstić information content (AvgIpc) is 2.98. The van der Waals surface area contributed by atoms with Crippen LogP contribution in [0.2, 0.25) is 0 Å². The lowest BCUT2D eigenvalue weighted by Crippen LogP contribution is -2.30. The summed E-state index contributed by atoms with van der Waals surface area (Å²) in [6.45, 7) is 1.79. The summed E-state index contributed by atoms with van der Waals surface area (Å²) in [5.74, 6) is -1.52. The molecule has 0 saturated heterocycles. The van der Waals surface area contributed by atoms with Crippen LogP contribution in [0.4, 0.5) is 8.78 Å². The molecule has 1 amide bonds. The van der Waals surface area contributed by atoms with E-state index in [0.29, 0.717) is 6.42 Å². The molecule has 3 nitrogen and oxygen atoms in total. The Morgan fingerprint density at radius 3 is 2.79 bits per heavy atom. The van der Waals surface area contributed by atoms with Crippen LogP contribution in [0.3, 0.4) is 0 Å². The zero-order chi connectivity index (χ0) is 17.1. The molecule has 2 aromatic carbocycles. The van der Waals surface area contributed by atoms with Crippen LogP contribution >= 0.6 is 0 Å². The number of aromatic amines is 1. The van der Waals surface area contributed by atoms with E-state index < -0.39 is 11.6 Å². The largest absolute Gasteiger partial charge is 0.361 e. The van der Waals surface area contributed by atoms with Gasteiger partial charge in [0.2, 0.25) is 5.91 Å². The summed E-state index contributed by atoms with van der Waals surface area (Å²) >= 11 is 0. The number of amides is 1. The first-order chi connectivity index (χ1) is 11.5. The van der Waals surface area contributed by atoms with Gasteiger partial charge in [-0.15, -0.1) is 0 Å². The molecule has 0 aliphatic heterocycles. The molecule has 0 saturated carbocycles. The fourth-order valence-electron chi connectivity index (χ4n) is 2.76. The summed E-state index contributed by atoms with van der Waals surface area (Å²) in [6.07, 6.45) is 2.47. The van der Waals surface area contributed by atoms with Crippen molar-refractivity contribution in [3.63, 3.8) is 0 Å². The fourth-order valence-corrected chi connectivity index (χ4v) is 2.76. The van der Waals surface area contributed by atoms with Gasteiger partial charge < -0.3 is 10.3 Å². The van der Waals surface area contributed by atoms with Crippen molar-refractivity contribution in [3.05, 3.63) is 71.4 Å². The van der Waals surface area contributed by atoms with Gasteiger partial charge in [0.25, 0.3) is 0 Å². The standard InChI is InChI=1S/C19H18F2N2O/c1-12(8-13-10-22-18-5-3-2-4-16(13)18)19(24)23-11-14-9-15(20)6-7-17(14)21/h2-7,9-10,12,22H,8,11H2,1H3,(H,23,24). The van der Waals surface area contributed by atoms with Crippen molar-refractivity contribution < 1.29 is 13.6 Å². The highest BCUT2D eigenvalue weighted by Gasteiger charge is 2.16. The fraction of sp³-hybridized carbons (Fsp3) is 0.211. The average molecular weight is 328 g/mol. The van der Waals surface area contributed by atoms with E-state index in [0.717, 1.165) is 34.7 Å². The molecule has 24 heavy (non-hydrogen) atoms. The number of fused-ring (bicyclic) bond motifs is 1. The summed E-state index contributed by atoms with van der Waals surface area (Å²) in [5.41, 5.74) is 2.23. The summed E-state index contributed by atoms with van der Waals surface area (Å²) in [4.78, 5) is 15.4. The Morgan fingerprint density at radius 1 is 1.17 bits per heavy atom. The van der Waals surface area contributed by atoms with Crippen LogP contribution in [0, 0.1) is 17.6 Å². The van der Waals surface area contributed by atoms with Crippen molar-refractivity contribution in [2.75, 3.05) is 0 Å². The number of carbonyl (C=O) groups excluding carboxylic acids is 1. The number of aromatic nitrogens is 1. The number of H-pyrrole nitrogens is 1. The van der Waals surface area contributed by atoms with Gasteiger partial charge >= 0.3 is 0 Å². The van der Waals surface area contributed by atoms with Crippen LogP contribution in [0.15, 0.2) is 48.7 Å². The minimum atomic E-state index is -0.527. The van der Waals surface area contributed by atoms with E-state index >= 15 is 0 Å². The highest BCUT2D eigenvalue weighted by Crippen LogP contribution is 2.21. The molecule has 1 unspecified atom stereocenters. The Hall–Kier alpha value is -2.69. The van der Waals surface area contributed by atoms with E-state index in [1.807, 2.05) is 37.4 Å². The molecular weight excluding hydrogens is 310 g/mol. The van der Waals surface area contributed by atoms with Gasteiger partial charge in [-0.25, -0.2) is 8.78 Å². The van der Waals surface area contributed by atoms with E-state index in [1.165, 1.54) is 0 Å². The molecule has 0 spiro atoms. The number of hydrogen-bond donors (Lipinski definition) is 2. The van der Waals surface area contributed by atoms with Crippen molar-refractivity contribution in [1.29, 1.82) is 0 Å². The van der Waals surface area contributed by atoms with Gasteiger partial charge in [0.1, 0.15) is 11.6 Å². The Labute approximate surface area is 138 Å². The van der Waals surface area contributed by atoms with Crippen molar-refractivity contribution in [1.82, 2.24) is 10.3 Å². The highest BCUT2D eigenvalue weighted by molar-refractivity contribution is 5.84. The monoisotopic (exact) mass is 328 g/mol. The third kappa shape index (κ3) is 3.45. The number of benzene rings is 2. The van der Waals surface area contributed by atoms with Crippen molar-refractivity contribution >= 4 is 16.8 Å². The maximum Gasteiger partial charge on any atom is 0.223 e. The minimum absolute atomic E-state index is 0.0271.